The zero-order chi connectivity index (χ0) is 14.1. The van der Waals surface area contributed by atoms with Gasteiger partial charge in [0.2, 0.25) is 0 Å². The summed E-state index contributed by atoms with van der Waals surface area (Å²) in [6.45, 7) is 5.36. The van der Waals surface area contributed by atoms with Crippen molar-refractivity contribution < 1.29 is 9.53 Å². The number of anilines is 2. The summed E-state index contributed by atoms with van der Waals surface area (Å²) in [5, 5.41) is 0.811. The summed E-state index contributed by atoms with van der Waals surface area (Å²) in [5.41, 5.74) is 11.5. The van der Waals surface area contributed by atoms with Gasteiger partial charge in [-0.15, -0.1) is 0 Å². The van der Waals surface area contributed by atoms with E-state index in [4.69, 9.17) is 16.2 Å². The second-order valence-electron chi connectivity index (χ2n) is 5.15. The molecule has 0 radical (unpaired) electrons. The van der Waals surface area contributed by atoms with Crippen molar-refractivity contribution >= 4 is 28.3 Å². The average molecular weight is 297 g/mol. The van der Waals surface area contributed by atoms with Crippen molar-refractivity contribution in [2.24, 2.45) is 5.73 Å². The monoisotopic (exact) mass is 297 g/mol. The minimum Gasteiger partial charge on any atom is -0.382 e. The zero-order valence-electron chi connectivity index (χ0n) is 11.2. The van der Waals surface area contributed by atoms with Gasteiger partial charge in [0.1, 0.15) is 10.6 Å². The molecule has 0 aromatic carbocycles. The summed E-state index contributed by atoms with van der Waals surface area (Å²) in [6.07, 6.45) is 1.08. The molecule has 0 saturated carbocycles. The number of nitrogens with zero attached hydrogens (tertiary/aromatic N) is 3. The molecule has 8 heteroatoms. The maximum atomic E-state index is 11.5. The van der Waals surface area contributed by atoms with Gasteiger partial charge in [0.15, 0.2) is 5.82 Å². The van der Waals surface area contributed by atoms with Gasteiger partial charge in [-0.25, -0.2) is 0 Å². The number of rotatable bonds is 3. The van der Waals surface area contributed by atoms with Crippen LogP contribution in [0.15, 0.2) is 0 Å². The number of hydrogen-bond acceptors (Lipinski definition) is 7. The van der Waals surface area contributed by atoms with Crippen LogP contribution in [0, 0.1) is 0 Å². The van der Waals surface area contributed by atoms with Crippen LogP contribution in [0.1, 0.15) is 16.8 Å². The number of morpholine rings is 1. The lowest BCUT2D eigenvalue weighted by atomic mass is 10.2. The highest BCUT2D eigenvalue weighted by Gasteiger charge is 2.32. The summed E-state index contributed by atoms with van der Waals surface area (Å²) in [6, 6.07) is 0.503. The fraction of sp³-hybridized carbons (Fsp3) is 0.667. The number of aromatic nitrogens is 1. The van der Waals surface area contributed by atoms with Crippen molar-refractivity contribution in [3.8, 4) is 0 Å². The lowest BCUT2D eigenvalue weighted by Crippen LogP contribution is -2.44. The van der Waals surface area contributed by atoms with Crippen LogP contribution in [0.5, 0.6) is 0 Å². The van der Waals surface area contributed by atoms with E-state index in [-0.39, 0.29) is 5.82 Å². The highest BCUT2D eigenvalue weighted by molar-refractivity contribution is 7.11. The summed E-state index contributed by atoms with van der Waals surface area (Å²) < 4.78 is 9.45. The first kappa shape index (κ1) is 13.6. The molecule has 1 aromatic rings. The van der Waals surface area contributed by atoms with Crippen LogP contribution in [0.3, 0.4) is 0 Å². The van der Waals surface area contributed by atoms with Crippen molar-refractivity contribution in [2.75, 3.05) is 50.0 Å². The molecule has 1 atom stereocenters. The van der Waals surface area contributed by atoms with Gasteiger partial charge in [-0.05, 0) is 18.0 Å². The van der Waals surface area contributed by atoms with Crippen LogP contribution < -0.4 is 16.4 Å². The Morgan fingerprint density at radius 3 is 2.80 bits per heavy atom. The molecule has 7 nitrogen and oxygen atoms in total. The standard InChI is InChI=1S/C12H19N5O2S/c13-10-9(11(14)18)12(20-15-10)17-2-1-8(7-17)16-3-5-19-6-4-16/h8H,1-7H2,(H2,13,15)(H2,14,18). The summed E-state index contributed by atoms with van der Waals surface area (Å²) in [4.78, 5) is 16.1. The molecule has 0 spiro atoms. The number of carbonyl (C=O) groups excluding carboxylic acids is 1. The smallest absolute Gasteiger partial charge is 0.255 e. The molecule has 20 heavy (non-hydrogen) atoms. The van der Waals surface area contributed by atoms with Crippen molar-refractivity contribution in [3.05, 3.63) is 5.56 Å². The van der Waals surface area contributed by atoms with Crippen LogP contribution in [0.4, 0.5) is 10.8 Å². The van der Waals surface area contributed by atoms with Gasteiger partial charge in [-0.1, -0.05) is 0 Å². The van der Waals surface area contributed by atoms with E-state index in [1.807, 2.05) is 0 Å². The second kappa shape index (κ2) is 5.55. The van der Waals surface area contributed by atoms with Crippen LogP contribution in [-0.4, -0.2) is 60.6 Å². The number of hydrogen-bond donors (Lipinski definition) is 2. The number of nitrogen functional groups attached to an aromatic ring is 1. The molecule has 3 rings (SSSR count). The predicted octanol–water partition coefficient (Wildman–Crippen LogP) is -0.265. The molecule has 1 unspecified atom stereocenters. The zero-order valence-corrected chi connectivity index (χ0v) is 12.1. The number of amides is 1. The Morgan fingerprint density at radius 1 is 1.35 bits per heavy atom. The Hall–Kier alpha value is -1.38. The first-order valence-electron chi connectivity index (χ1n) is 6.78. The summed E-state index contributed by atoms with van der Waals surface area (Å²) in [7, 11) is 0. The summed E-state index contributed by atoms with van der Waals surface area (Å²) in [5.74, 6) is -0.256. The van der Waals surface area contributed by atoms with E-state index in [1.165, 1.54) is 11.5 Å². The van der Waals surface area contributed by atoms with Crippen LogP contribution >= 0.6 is 11.5 Å². The number of carbonyl (C=O) groups is 1. The maximum absolute atomic E-state index is 11.5. The van der Waals surface area contributed by atoms with Gasteiger partial charge in [-0.3, -0.25) is 9.69 Å². The van der Waals surface area contributed by atoms with Gasteiger partial charge in [0.05, 0.1) is 13.2 Å². The second-order valence-corrected chi connectivity index (χ2v) is 5.90. The first-order chi connectivity index (χ1) is 9.66. The third-order valence-corrected chi connectivity index (χ3v) is 4.88. The van der Waals surface area contributed by atoms with Crippen molar-refractivity contribution in [1.82, 2.24) is 9.27 Å². The predicted molar refractivity (Wildman–Crippen MR) is 78.1 cm³/mol. The lowest BCUT2D eigenvalue weighted by Gasteiger charge is -2.32. The van der Waals surface area contributed by atoms with E-state index < -0.39 is 5.91 Å². The molecule has 3 heterocycles. The molecular weight excluding hydrogens is 278 g/mol. The van der Waals surface area contributed by atoms with Crippen LogP contribution in [0.2, 0.25) is 0 Å². The van der Waals surface area contributed by atoms with Crippen molar-refractivity contribution in [1.29, 1.82) is 0 Å². The molecule has 2 fully saturated rings. The van der Waals surface area contributed by atoms with Gasteiger partial charge in [0, 0.05) is 32.2 Å². The average Bonchev–Trinajstić information content (AvgIpc) is 3.05. The Morgan fingerprint density at radius 2 is 2.10 bits per heavy atom. The van der Waals surface area contributed by atoms with E-state index in [0.717, 1.165) is 50.8 Å². The quantitative estimate of drug-likeness (QED) is 0.797. The van der Waals surface area contributed by atoms with E-state index in [2.05, 4.69) is 14.2 Å². The van der Waals surface area contributed by atoms with Gasteiger partial charge >= 0.3 is 0 Å². The van der Waals surface area contributed by atoms with Crippen LogP contribution in [-0.2, 0) is 4.74 Å². The maximum Gasteiger partial charge on any atom is 0.255 e. The van der Waals surface area contributed by atoms with E-state index in [0.29, 0.717) is 11.6 Å². The molecule has 0 aliphatic carbocycles. The molecule has 2 aliphatic rings. The third-order valence-electron chi connectivity index (χ3n) is 3.96. The Labute approximate surface area is 121 Å². The van der Waals surface area contributed by atoms with Crippen LogP contribution in [0.25, 0.3) is 0 Å². The molecule has 2 aliphatic heterocycles. The SMILES string of the molecule is NC(=O)c1c(N)nsc1N1CCC(N2CCOCC2)C1. The first-order valence-corrected chi connectivity index (χ1v) is 7.56. The minimum absolute atomic E-state index is 0.243. The fourth-order valence-corrected chi connectivity index (χ4v) is 3.76. The van der Waals surface area contributed by atoms with E-state index >= 15 is 0 Å². The minimum atomic E-state index is -0.499. The number of ether oxygens (including phenoxy) is 1. The molecule has 0 bridgehead atoms. The topological polar surface area (TPSA) is 97.7 Å². The molecular formula is C12H19N5O2S. The van der Waals surface area contributed by atoms with Crippen molar-refractivity contribution in [3.63, 3.8) is 0 Å². The molecule has 1 aromatic heterocycles. The Kier molecular flexibility index (Phi) is 3.77. The van der Waals surface area contributed by atoms with E-state index in [9.17, 15) is 4.79 Å². The Balaban J connectivity index is 1.72. The largest absolute Gasteiger partial charge is 0.382 e. The Bertz CT molecular complexity index is 500. The molecule has 1 amide bonds. The molecule has 4 N–H and O–H groups in total. The fourth-order valence-electron chi connectivity index (χ4n) is 2.91. The molecule has 2 saturated heterocycles. The van der Waals surface area contributed by atoms with Gasteiger partial charge in [-0.2, -0.15) is 4.37 Å². The van der Waals surface area contributed by atoms with Crippen molar-refractivity contribution in [2.45, 2.75) is 12.5 Å². The number of nitrogens with two attached hydrogens (primary N) is 2. The summed E-state index contributed by atoms with van der Waals surface area (Å²) >= 11 is 1.26. The molecule has 110 valence electrons. The number of primary amides is 1. The van der Waals surface area contributed by atoms with Gasteiger partial charge < -0.3 is 21.1 Å². The lowest BCUT2D eigenvalue weighted by molar-refractivity contribution is 0.0209. The van der Waals surface area contributed by atoms with Gasteiger partial charge in [0.25, 0.3) is 5.91 Å². The highest BCUT2D eigenvalue weighted by atomic mass is 32.1. The third kappa shape index (κ3) is 2.46. The highest BCUT2D eigenvalue weighted by Crippen LogP contribution is 2.33. The normalized spacial score (nSPS) is 24.2. The van der Waals surface area contributed by atoms with E-state index in [1.54, 1.807) is 0 Å².